The van der Waals surface area contributed by atoms with Crippen molar-refractivity contribution in [3.63, 3.8) is 0 Å². The molecule has 0 saturated heterocycles. The van der Waals surface area contributed by atoms with Gasteiger partial charge in [-0.15, -0.1) is 0 Å². The second kappa shape index (κ2) is 8.65. The van der Waals surface area contributed by atoms with E-state index in [9.17, 15) is 36.2 Å². The van der Waals surface area contributed by atoms with Crippen LogP contribution in [0.2, 0.25) is 0 Å². The van der Waals surface area contributed by atoms with Gasteiger partial charge in [-0.1, -0.05) is 12.1 Å². The van der Waals surface area contributed by atoms with Gasteiger partial charge >= 0.3 is 6.18 Å². The normalized spacial score (nSPS) is 17.0. The highest BCUT2D eigenvalue weighted by Gasteiger charge is 2.47. The van der Waals surface area contributed by atoms with E-state index in [1.165, 1.54) is 25.1 Å². The van der Waals surface area contributed by atoms with Crippen molar-refractivity contribution in [3.8, 4) is 5.75 Å². The Labute approximate surface area is 180 Å². The molecule has 10 heteroatoms. The molecule has 2 N–H and O–H groups in total. The number of carbonyl (C=O) groups excluding carboxylic acids is 1. The minimum absolute atomic E-state index is 0.197. The van der Waals surface area contributed by atoms with Crippen molar-refractivity contribution in [2.24, 2.45) is 0 Å². The summed E-state index contributed by atoms with van der Waals surface area (Å²) in [5.41, 5.74) is -2.70. The summed E-state index contributed by atoms with van der Waals surface area (Å²) in [5.74, 6) is -1.49. The van der Waals surface area contributed by atoms with Crippen LogP contribution in [-0.4, -0.2) is 23.8 Å². The lowest BCUT2D eigenvalue weighted by atomic mass is 9.91. The minimum atomic E-state index is -4.64. The van der Waals surface area contributed by atoms with Crippen LogP contribution >= 0.6 is 0 Å². The monoisotopic (exact) mass is 461 g/mol. The summed E-state index contributed by atoms with van der Waals surface area (Å²) >= 11 is 0. The first-order valence-corrected chi connectivity index (χ1v) is 9.72. The maximum absolute atomic E-state index is 13.3. The number of halogens is 6. The predicted molar refractivity (Wildman–Crippen MR) is 103 cm³/mol. The summed E-state index contributed by atoms with van der Waals surface area (Å²) in [6.07, 6.45) is -7.23. The van der Waals surface area contributed by atoms with E-state index in [1.807, 2.05) is 0 Å². The molecule has 0 aliphatic heterocycles. The van der Waals surface area contributed by atoms with Gasteiger partial charge in [-0.3, -0.25) is 4.79 Å². The van der Waals surface area contributed by atoms with Crippen LogP contribution in [0.15, 0.2) is 42.5 Å². The number of hydrogen-bond donors (Lipinski definition) is 2. The Balaban J connectivity index is 1.77. The summed E-state index contributed by atoms with van der Waals surface area (Å²) in [5, 5.41) is 13.3. The number of benzene rings is 2. The Morgan fingerprint density at radius 1 is 1.16 bits per heavy atom. The highest BCUT2D eigenvalue weighted by atomic mass is 19.4. The standard InChI is InChI=1S/C22H21F6NO3/c1-20(31,14-2-4-16(23)5-3-14)11-18(30)29-21(6-7-21)15-8-13(19(24)25)9-17(10-15)32-12-22(26,27)28/h2-5,8-10,19,31H,6-7,11-12H2,1H3,(H,29,30)/t20-/m0/s1. The summed E-state index contributed by atoms with van der Waals surface area (Å²) in [7, 11) is 0. The molecule has 2 aromatic rings. The number of rotatable bonds is 8. The number of amides is 1. The molecule has 0 heterocycles. The van der Waals surface area contributed by atoms with E-state index in [1.54, 1.807) is 0 Å². The van der Waals surface area contributed by atoms with E-state index in [4.69, 9.17) is 0 Å². The molecule has 1 amide bonds. The van der Waals surface area contributed by atoms with Gasteiger partial charge in [0.25, 0.3) is 6.43 Å². The van der Waals surface area contributed by atoms with Gasteiger partial charge in [0.2, 0.25) is 5.91 Å². The van der Waals surface area contributed by atoms with Gasteiger partial charge in [0, 0.05) is 5.56 Å². The van der Waals surface area contributed by atoms with E-state index < -0.39 is 54.1 Å². The van der Waals surface area contributed by atoms with Gasteiger partial charge in [-0.2, -0.15) is 13.2 Å². The van der Waals surface area contributed by atoms with Gasteiger partial charge in [0.05, 0.1) is 17.6 Å². The fourth-order valence-corrected chi connectivity index (χ4v) is 3.42. The first kappa shape index (κ1) is 23.9. The molecule has 32 heavy (non-hydrogen) atoms. The molecule has 3 rings (SSSR count). The van der Waals surface area contributed by atoms with Gasteiger partial charge in [0.1, 0.15) is 11.6 Å². The number of hydrogen-bond acceptors (Lipinski definition) is 3. The van der Waals surface area contributed by atoms with E-state index in [0.717, 1.165) is 24.3 Å². The maximum atomic E-state index is 13.3. The van der Waals surface area contributed by atoms with E-state index in [-0.39, 0.29) is 11.3 Å². The Morgan fingerprint density at radius 2 is 1.78 bits per heavy atom. The SMILES string of the molecule is C[C@](O)(CC(=O)NC1(c2cc(OCC(F)(F)F)cc(C(F)F)c2)CC1)c1ccc(F)cc1. The molecule has 174 valence electrons. The molecule has 0 radical (unpaired) electrons. The van der Waals surface area contributed by atoms with Crippen LogP contribution in [0.5, 0.6) is 5.75 Å². The number of aliphatic hydroxyl groups is 1. The number of ether oxygens (including phenoxy) is 1. The molecular formula is C22H21F6NO3. The van der Waals surface area contributed by atoms with E-state index in [0.29, 0.717) is 18.4 Å². The predicted octanol–water partition coefficient (Wildman–Crippen LogP) is 5.11. The number of carbonyl (C=O) groups is 1. The maximum Gasteiger partial charge on any atom is 0.422 e. The first-order valence-electron chi connectivity index (χ1n) is 9.72. The van der Waals surface area contributed by atoms with Gasteiger partial charge < -0.3 is 15.2 Å². The van der Waals surface area contributed by atoms with E-state index >= 15 is 0 Å². The second-order valence-electron chi connectivity index (χ2n) is 8.08. The molecule has 2 aromatic carbocycles. The zero-order valence-corrected chi connectivity index (χ0v) is 17.0. The van der Waals surface area contributed by atoms with Crippen molar-refractivity contribution in [2.45, 2.75) is 49.9 Å². The van der Waals surface area contributed by atoms with Gasteiger partial charge in [-0.05, 0) is 61.2 Å². The first-order chi connectivity index (χ1) is 14.8. The van der Waals surface area contributed by atoms with Crippen molar-refractivity contribution in [3.05, 3.63) is 65.0 Å². The molecule has 4 nitrogen and oxygen atoms in total. The van der Waals surface area contributed by atoms with Gasteiger partial charge in [0.15, 0.2) is 6.61 Å². The Morgan fingerprint density at radius 3 is 2.31 bits per heavy atom. The second-order valence-corrected chi connectivity index (χ2v) is 8.08. The van der Waals surface area contributed by atoms with E-state index in [2.05, 4.69) is 10.1 Å². The smallest absolute Gasteiger partial charge is 0.422 e. The lowest BCUT2D eigenvalue weighted by molar-refractivity contribution is -0.153. The molecule has 0 spiro atoms. The number of alkyl halides is 5. The van der Waals surface area contributed by atoms with Crippen molar-refractivity contribution in [2.75, 3.05) is 6.61 Å². The fraction of sp³-hybridized carbons (Fsp3) is 0.409. The van der Waals surface area contributed by atoms with Crippen LogP contribution in [-0.2, 0) is 15.9 Å². The fourth-order valence-electron chi connectivity index (χ4n) is 3.42. The zero-order chi connectivity index (χ0) is 23.7. The molecule has 1 fully saturated rings. The van der Waals surface area contributed by atoms with Crippen molar-refractivity contribution in [1.29, 1.82) is 0 Å². The number of nitrogens with one attached hydrogen (secondary N) is 1. The molecule has 0 bridgehead atoms. The van der Waals surface area contributed by atoms with Crippen LogP contribution in [0.4, 0.5) is 26.3 Å². The largest absolute Gasteiger partial charge is 0.484 e. The quantitative estimate of drug-likeness (QED) is 0.538. The summed E-state index contributed by atoms with van der Waals surface area (Å²) in [6, 6.07) is 8.11. The molecular weight excluding hydrogens is 440 g/mol. The molecule has 1 aliphatic rings. The van der Waals surface area contributed by atoms with Crippen LogP contribution < -0.4 is 10.1 Å². The van der Waals surface area contributed by atoms with Crippen molar-refractivity contribution >= 4 is 5.91 Å². The highest BCUT2D eigenvalue weighted by Crippen LogP contribution is 2.47. The Kier molecular flexibility index (Phi) is 6.46. The van der Waals surface area contributed by atoms with Crippen LogP contribution in [0.1, 0.15) is 49.3 Å². The average molecular weight is 461 g/mol. The average Bonchev–Trinajstić information content (AvgIpc) is 3.46. The molecule has 1 aliphatic carbocycles. The summed E-state index contributed by atoms with van der Waals surface area (Å²) < 4.78 is 81.7. The lowest BCUT2D eigenvalue weighted by Crippen LogP contribution is -2.39. The molecule has 1 saturated carbocycles. The van der Waals surface area contributed by atoms with Crippen LogP contribution in [0.25, 0.3) is 0 Å². The van der Waals surface area contributed by atoms with Gasteiger partial charge in [-0.25, -0.2) is 13.2 Å². The Hall–Kier alpha value is -2.75. The molecule has 1 atom stereocenters. The van der Waals surface area contributed by atoms with Crippen LogP contribution in [0, 0.1) is 5.82 Å². The third kappa shape index (κ3) is 5.93. The topological polar surface area (TPSA) is 58.6 Å². The van der Waals surface area contributed by atoms with Crippen molar-refractivity contribution in [1.82, 2.24) is 5.32 Å². The minimum Gasteiger partial charge on any atom is -0.484 e. The summed E-state index contributed by atoms with van der Waals surface area (Å²) in [4.78, 5) is 12.6. The lowest BCUT2D eigenvalue weighted by Gasteiger charge is -2.26. The highest BCUT2D eigenvalue weighted by molar-refractivity contribution is 5.79. The Bertz CT molecular complexity index is 969. The third-order valence-corrected chi connectivity index (χ3v) is 5.24. The summed E-state index contributed by atoms with van der Waals surface area (Å²) in [6.45, 7) is -0.265. The molecule has 0 aromatic heterocycles. The van der Waals surface area contributed by atoms with Crippen molar-refractivity contribution < 1.29 is 41.0 Å². The van der Waals surface area contributed by atoms with Crippen LogP contribution in [0.3, 0.4) is 0 Å². The third-order valence-electron chi connectivity index (χ3n) is 5.24. The molecule has 0 unspecified atom stereocenters. The zero-order valence-electron chi connectivity index (χ0n) is 17.0.